The molecule has 1 unspecified atom stereocenters. The molecule has 1 aliphatic heterocycles. The van der Waals surface area contributed by atoms with Gasteiger partial charge in [-0.05, 0) is 6.08 Å². The molecule has 1 aromatic carbocycles. The summed E-state index contributed by atoms with van der Waals surface area (Å²) in [6.07, 6.45) is 1.18. The molecule has 1 aliphatic rings. The van der Waals surface area contributed by atoms with Crippen LogP contribution in [0.2, 0.25) is 0 Å². The van der Waals surface area contributed by atoms with Crippen molar-refractivity contribution in [1.29, 1.82) is 0 Å². The lowest BCUT2D eigenvalue weighted by atomic mass is 9.96. The molecule has 4 nitrogen and oxygen atoms in total. The topological polar surface area (TPSA) is 66.7 Å². The minimum Gasteiger partial charge on any atom is -0.380 e. The highest BCUT2D eigenvalue weighted by atomic mass is 32.1. The highest BCUT2D eigenvalue weighted by Crippen LogP contribution is 2.15. The van der Waals surface area contributed by atoms with Gasteiger partial charge in [-0.15, -0.1) is 0 Å². The van der Waals surface area contributed by atoms with E-state index in [1.54, 1.807) is 30.3 Å². The van der Waals surface area contributed by atoms with Crippen LogP contribution in [0.25, 0.3) is 0 Å². The number of aliphatic hydroxyl groups excluding tert-OH is 1. The Hall–Kier alpha value is -1.98. The number of thiocarbonyl (C=S) groups is 1. The maximum atomic E-state index is 12.0. The third-order valence-electron chi connectivity index (χ3n) is 2.50. The van der Waals surface area contributed by atoms with E-state index in [1.165, 1.54) is 12.3 Å². The number of Topliss-reactive ketones (excluding diaryl/α,β-unsaturated/α-hetero) is 1. The second-order valence-corrected chi connectivity index (χ2v) is 4.08. The van der Waals surface area contributed by atoms with Gasteiger partial charge in [0.25, 0.3) is 5.91 Å². The van der Waals surface area contributed by atoms with Gasteiger partial charge in [-0.3, -0.25) is 9.59 Å². The summed E-state index contributed by atoms with van der Waals surface area (Å²) < 4.78 is 0. The Morgan fingerprint density at radius 1 is 1.28 bits per heavy atom. The number of benzene rings is 1. The maximum absolute atomic E-state index is 12.0. The second kappa shape index (κ2) is 5.12. The molecule has 90 valence electrons. The fourth-order valence-electron chi connectivity index (χ4n) is 1.56. The largest absolute Gasteiger partial charge is 0.380 e. The quantitative estimate of drug-likeness (QED) is 0.653. The number of hydrogen-bond donors (Lipinski definition) is 1. The van der Waals surface area contributed by atoms with Crippen molar-refractivity contribution in [3.63, 3.8) is 0 Å². The zero-order valence-electron chi connectivity index (χ0n) is 9.24. The maximum Gasteiger partial charge on any atom is 0.288 e. The molecule has 5 heteroatoms. The van der Waals surface area contributed by atoms with Gasteiger partial charge in [-0.2, -0.15) is 0 Å². The van der Waals surface area contributed by atoms with Crippen molar-refractivity contribution in [1.82, 2.24) is 0 Å². The van der Waals surface area contributed by atoms with Gasteiger partial charge in [0, 0.05) is 17.4 Å². The van der Waals surface area contributed by atoms with E-state index in [0.29, 0.717) is 5.56 Å². The Bertz CT molecular complexity index is 575. The van der Waals surface area contributed by atoms with E-state index in [9.17, 15) is 14.7 Å². The Morgan fingerprint density at radius 3 is 2.61 bits per heavy atom. The zero-order chi connectivity index (χ0) is 13.1. The molecular formula is C13H9NO3S. The molecule has 2 rings (SSSR count). The van der Waals surface area contributed by atoms with E-state index in [2.05, 4.69) is 4.99 Å². The number of hydrogen-bond acceptors (Lipinski definition) is 4. The van der Waals surface area contributed by atoms with Gasteiger partial charge < -0.3 is 5.11 Å². The number of amides is 1. The lowest BCUT2D eigenvalue weighted by molar-refractivity contribution is -0.111. The standard InChI is InChI=1S/C13H9NO3S/c15-10(8-4-2-1-3-5-8)11(16)9-6-7-14-13(17)12(9)18/h1-7,11,16H. The summed E-state index contributed by atoms with van der Waals surface area (Å²) in [6.45, 7) is 0. The molecule has 18 heavy (non-hydrogen) atoms. The van der Waals surface area contributed by atoms with Crippen LogP contribution in [-0.4, -0.2) is 34.0 Å². The van der Waals surface area contributed by atoms with Crippen molar-refractivity contribution < 1.29 is 14.7 Å². The highest BCUT2D eigenvalue weighted by molar-refractivity contribution is 7.82. The normalized spacial score (nSPS) is 16.4. The Kier molecular flexibility index (Phi) is 3.55. The molecule has 1 aromatic rings. The Labute approximate surface area is 109 Å². The zero-order valence-corrected chi connectivity index (χ0v) is 10.1. The molecule has 0 aromatic heterocycles. The first kappa shape index (κ1) is 12.5. The fourth-order valence-corrected chi connectivity index (χ4v) is 1.79. The Balaban J connectivity index is 2.28. The summed E-state index contributed by atoms with van der Waals surface area (Å²) in [7, 11) is 0. The Morgan fingerprint density at radius 2 is 1.94 bits per heavy atom. The molecule has 0 saturated heterocycles. The monoisotopic (exact) mass is 259 g/mol. The van der Waals surface area contributed by atoms with Crippen molar-refractivity contribution in [2.24, 2.45) is 4.99 Å². The number of rotatable bonds is 3. The van der Waals surface area contributed by atoms with Crippen LogP contribution < -0.4 is 0 Å². The van der Waals surface area contributed by atoms with E-state index in [1.807, 2.05) is 0 Å². The molecular weight excluding hydrogens is 250 g/mol. The van der Waals surface area contributed by atoms with Gasteiger partial charge in [0.15, 0.2) is 5.78 Å². The summed E-state index contributed by atoms with van der Waals surface area (Å²) in [6, 6.07) is 8.34. The van der Waals surface area contributed by atoms with Gasteiger partial charge >= 0.3 is 0 Å². The molecule has 0 fully saturated rings. The molecule has 1 N–H and O–H groups in total. The first-order chi connectivity index (χ1) is 8.61. The van der Waals surface area contributed by atoms with Crippen molar-refractivity contribution in [2.75, 3.05) is 0 Å². The van der Waals surface area contributed by atoms with Crippen LogP contribution in [0, 0.1) is 0 Å². The first-order valence-corrected chi connectivity index (χ1v) is 5.62. The van der Waals surface area contributed by atoms with E-state index >= 15 is 0 Å². The second-order valence-electron chi connectivity index (χ2n) is 3.67. The fraction of sp³-hybridized carbons (Fsp3) is 0.0769. The number of allylic oxidation sites excluding steroid dienone is 1. The number of aliphatic imine (C=N–C) groups is 1. The van der Waals surface area contributed by atoms with Crippen LogP contribution in [-0.2, 0) is 4.79 Å². The number of dihydropyridines is 1. The average molecular weight is 259 g/mol. The van der Waals surface area contributed by atoms with Crippen molar-refractivity contribution in [3.05, 3.63) is 47.5 Å². The van der Waals surface area contributed by atoms with Gasteiger partial charge in [-0.25, -0.2) is 4.99 Å². The lowest BCUT2D eigenvalue weighted by Crippen LogP contribution is -2.31. The summed E-state index contributed by atoms with van der Waals surface area (Å²) in [4.78, 5) is 26.6. The number of carbonyl (C=O) groups is 2. The molecule has 1 atom stereocenters. The van der Waals surface area contributed by atoms with E-state index < -0.39 is 17.8 Å². The smallest absolute Gasteiger partial charge is 0.288 e. The van der Waals surface area contributed by atoms with Gasteiger partial charge in [0.05, 0.1) is 0 Å². The highest BCUT2D eigenvalue weighted by Gasteiger charge is 2.28. The molecule has 0 spiro atoms. The van der Waals surface area contributed by atoms with E-state index in [4.69, 9.17) is 12.2 Å². The summed E-state index contributed by atoms with van der Waals surface area (Å²) >= 11 is 4.85. The van der Waals surface area contributed by atoms with Crippen LogP contribution in [0.4, 0.5) is 0 Å². The van der Waals surface area contributed by atoms with Crippen LogP contribution in [0.5, 0.6) is 0 Å². The number of nitrogens with zero attached hydrogens (tertiary/aromatic N) is 1. The van der Waals surface area contributed by atoms with E-state index in [0.717, 1.165) is 0 Å². The summed E-state index contributed by atoms with van der Waals surface area (Å²) in [5, 5.41) is 9.96. The van der Waals surface area contributed by atoms with Crippen molar-refractivity contribution >= 4 is 35.0 Å². The van der Waals surface area contributed by atoms with Crippen LogP contribution >= 0.6 is 12.2 Å². The minimum atomic E-state index is -1.43. The average Bonchev–Trinajstić information content (AvgIpc) is 2.41. The lowest BCUT2D eigenvalue weighted by Gasteiger charge is -2.14. The number of aliphatic hydroxyl groups is 1. The molecule has 1 heterocycles. The SMILES string of the molecule is O=C1N=CC=C(C(O)C(=O)c2ccccc2)C1=S. The summed E-state index contributed by atoms with van der Waals surface area (Å²) in [5.41, 5.74) is 0.488. The van der Waals surface area contributed by atoms with Crippen molar-refractivity contribution in [2.45, 2.75) is 6.10 Å². The van der Waals surface area contributed by atoms with Crippen molar-refractivity contribution in [3.8, 4) is 0 Å². The molecule has 0 radical (unpaired) electrons. The van der Waals surface area contributed by atoms with Crippen LogP contribution in [0.3, 0.4) is 0 Å². The molecule has 0 bridgehead atoms. The number of carbonyl (C=O) groups excluding carboxylic acids is 2. The van der Waals surface area contributed by atoms with Gasteiger partial charge in [-0.1, -0.05) is 42.5 Å². The first-order valence-electron chi connectivity index (χ1n) is 5.21. The van der Waals surface area contributed by atoms with E-state index in [-0.39, 0.29) is 10.4 Å². The third-order valence-corrected chi connectivity index (χ3v) is 2.91. The summed E-state index contributed by atoms with van der Waals surface area (Å²) in [5.74, 6) is -1.10. The third kappa shape index (κ3) is 2.32. The number of ketones is 1. The molecule has 0 aliphatic carbocycles. The van der Waals surface area contributed by atoms with Gasteiger partial charge in [0.1, 0.15) is 11.0 Å². The van der Waals surface area contributed by atoms with Crippen LogP contribution in [0.15, 0.2) is 47.0 Å². The van der Waals surface area contributed by atoms with Crippen LogP contribution in [0.1, 0.15) is 10.4 Å². The molecule has 1 amide bonds. The predicted molar refractivity (Wildman–Crippen MR) is 71.0 cm³/mol. The predicted octanol–water partition coefficient (Wildman–Crippen LogP) is 1.14. The van der Waals surface area contributed by atoms with Gasteiger partial charge in [0.2, 0.25) is 0 Å². The molecule has 0 saturated carbocycles. The minimum absolute atomic E-state index is 0.116.